The summed E-state index contributed by atoms with van der Waals surface area (Å²) in [4.78, 5) is 15.4. The molecule has 1 aromatic carbocycles. The fourth-order valence-electron chi connectivity index (χ4n) is 2.24. The Morgan fingerprint density at radius 2 is 2.35 bits per heavy atom. The molecule has 1 amide bonds. The summed E-state index contributed by atoms with van der Waals surface area (Å²) >= 11 is 4.91. The Labute approximate surface area is 136 Å². The summed E-state index contributed by atoms with van der Waals surface area (Å²) in [5, 5.41) is 17.2. The first kappa shape index (κ1) is 15.4. The Bertz CT molecular complexity index is 922. The molecule has 1 atom stereocenters. The van der Waals surface area contributed by atoms with Crippen LogP contribution < -0.4 is 5.32 Å². The third-order valence-corrected chi connectivity index (χ3v) is 3.79. The van der Waals surface area contributed by atoms with Crippen molar-refractivity contribution < 1.29 is 14.3 Å². The molecule has 8 heteroatoms. The monoisotopic (exact) mass is 332 g/mol. The molecular formula is C15H16N4O3S. The van der Waals surface area contributed by atoms with Crippen LogP contribution in [0.2, 0.25) is 0 Å². The molecule has 0 aliphatic rings. The first-order valence-electron chi connectivity index (χ1n) is 6.98. The lowest BCUT2D eigenvalue weighted by molar-refractivity contribution is 0.0526. The number of aliphatic hydroxyl groups is 1. The van der Waals surface area contributed by atoms with E-state index in [4.69, 9.17) is 16.6 Å². The van der Waals surface area contributed by atoms with Crippen molar-refractivity contribution >= 4 is 29.2 Å². The van der Waals surface area contributed by atoms with Crippen LogP contribution in [-0.4, -0.2) is 32.3 Å². The highest BCUT2D eigenvalue weighted by Gasteiger charge is 2.25. The number of carbonyl (C=O) groups is 1. The van der Waals surface area contributed by atoms with Gasteiger partial charge >= 0.3 is 0 Å². The van der Waals surface area contributed by atoms with Crippen molar-refractivity contribution in [2.45, 2.75) is 12.5 Å². The van der Waals surface area contributed by atoms with E-state index in [1.807, 2.05) is 0 Å². The molecule has 7 nitrogen and oxygen atoms in total. The van der Waals surface area contributed by atoms with E-state index in [1.54, 1.807) is 49.2 Å². The number of aryl methyl sites for hydroxylation is 1. The summed E-state index contributed by atoms with van der Waals surface area (Å²) in [7, 11) is 1.77. The second-order valence-corrected chi connectivity index (χ2v) is 5.96. The standard InChI is InChI=1S/C15H16N4O3S/c1-15(21,10-6-17-19(2)7-10)8-16-13(20)9-3-4-11-12(5-9)22-14(23)18-11/h3-7,21H,8H2,1-2H3,(H,16,20)(H,18,23). The van der Waals surface area contributed by atoms with E-state index in [9.17, 15) is 9.90 Å². The molecule has 23 heavy (non-hydrogen) atoms. The zero-order chi connectivity index (χ0) is 16.6. The minimum atomic E-state index is -1.21. The summed E-state index contributed by atoms with van der Waals surface area (Å²) in [6.07, 6.45) is 3.28. The van der Waals surface area contributed by atoms with Crippen molar-refractivity contribution in [2.24, 2.45) is 7.05 Å². The molecule has 0 aliphatic carbocycles. The molecule has 0 radical (unpaired) electrons. The summed E-state index contributed by atoms with van der Waals surface area (Å²) in [5.41, 5.74) is 1.10. The molecular weight excluding hydrogens is 316 g/mol. The van der Waals surface area contributed by atoms with Gasteiger partial charge in [-0.2, -0.15) is 5.10 Å². The average molecular weight is 332 g/mol. The van der Waals surface area contributed by atoms with Gasteiger partial charge in [-0.3, -0.25) is 9.48 Å². The molecule has 0 bridgehead atoms. The summed E-state index contributed by atoms with van der Waals surface area (Å²) in [6.45, 7) is 1.69. The van der Waals surface area contributed by atoms with E-state index in [0.717, 1.165) is 5.52 Å². The molecule has 0 spiro atoms. The Kier molecular flexibility index (Phi) is 3.78. The van der Waals surface area contributed by atoms with Gasteiger partial charge in [0.25, 0.3) is 10.7 Å². The van der Waals surface area contributed by atoms with Gasteiger partial charge in [0.05, 0.1) is 18.3 Å². The van der Waals surface area contributed by atoms with Gasteiger partial charge in [0.1, 0.15) is 5.60 Å². The Morgan fingerprint density at radius 1 is 1.57 bits per heavy atom. The van der Waals surface area contributed by atoms with Crippen LogP contribution in [0.4, 0.5) is 0 Å². The third-order valence-electron chi connectivity index (χ3n) is 3.60. The van der Waals surface area contributed by atoms with Crippen molar-refractivity contribution in [3.8, 4) is 0 Å². The zero-order valence-corrected chi connectivity index (χ0v) is 13.5. The molecule has 3 rings (SSSR count). The topological polar surface area (TPSA) is 96.1 Å². The smallest absolute Gasteiger partial charge is 0.266 e. The number of aromatic amines is 1. The maximum Gasteiger partial charge on any atom is 0.266 e. The molecule has 3 aromatic rings. The number of hydrogen-bond acceptors (Lipinski definition) is 5. The fourth-order valence-corrected chi connectivity index (χ4v) is 2.44. The quantitative estimate of drug-likeness (QED) is 0.634. The number of fused-ring (bicyclic) bond motifs is 1. The van der Waals surface area contributed by atoms with Crippen molar-refractivity contribution in [2.75, 3.05) is 6.54 Å². The number of carbonyl (C=O) groups excluding carboxylic acids is 1. The van der Waals surface area contributed by atoms with E-state index >= 15 is 0 Å². The number of rotatable bonds is 4. The molecule has 120 valence electrons. The van der Waals surface area contributed by atoms with Crippen LogP contribution in [0.15, 0.2) is 35.0 Å². The Balaban J connectivity index is 1.74. The highest BCUT2D eigenvalue weighted by Crippen LogP contribution is 2.19. The number of amides is 1. The number of H-pyrrole nitrogens is 1. The van der Waals surface area contributed by atoms with Crippen LogP contribution in [-0.2, 0) is 12.6 Å². The van der Waals surface area contributed by atoms with Gasteiger partial charge in [0, 0.05) is 24.4 Å². The predicted molar refractivity (Wildman–Crippen MR) is 86.5 cm³/mol. The van der Waals surface area contributed by atoms with Gasteiger partial charge in [-0.1, -0.05) is 0 Å². The van der Waals surface area contributed by atoms with Crippen molar-refractivity contribution in [1.82, 2.24) is 20.1 Å². The maximum absolute atomic E-state index is 12.3. The third kappa shape index (κ3) is 3.17. The van der Waals surface area contributed by atoms with E-state index in [0.29, 0.717) is 16.7 Å². The zero-order valence-electron chi connectivity index (χ0n) is 12.7. The highest BCUT2D eigenvalue weighted by molar-refractivity contribution is 7.71. The summed E-state index contributed by atoms with van der Waals surface area (Å²) in [5.74, 6) is -0.307. The van der Waals surface area contributed by atoms with Crippen LogP contribution in [0.1, 0.15) is 22.8 Å². The van der Waals surface area contributed by atoms with Gasteiger partial charge in [0.15, 0.2) is 5.58 Å². The summed E-state index contributed by atoms with van der Waals surface area (Å²) in [6, 6.07) is 5.00. The maximum atomic E-state index is 12.3. The lowest BCUT2D eigenvalue weighted by Gasteiger charge is -2.22. The molecule has 2 heterocycles. The van der Waals surface area contributed by atoms with Gasteiger partial charge < -0.3 is 19.8 Å². The van der Waals surface area contributed by atoms with Crippen LogP contribution in [0.25, 0.3) is 11.1 Å². The van der Waals surface area contributed by atoms with Crippen molar-refractivity contribution in [3.63, 3.8) is 0 Å². The Hall–Kier alpha value is -2.45. The number of nitrogens with one attached hydrogen (secondary N) is 2. The molecule has 1 unspecified atom stereocenters. The number of oxazole rings is 1. The van der Waals surface area contributed by atoms with Crippen LogP contribution >= 0.6 is 12.2 Å². The average Bonchev–Trinajstić information content (AvgIpc) is 3.09. The van der Waals surface area contributed by atoms with E-state index in [2.05, 4.69) is 15.4 Å². The number of nitrogens with zero attached hydrogens (tertiary/aromatic N) is 2. The lowest BCUT2D eigenvalue weighted by atomic mass is 9.99. The second-order valence-electron chi connectivity index (χ2n) is 5.58. The largest absolute Gasteiger partial charge is 0.429 e. The highest BCUT2D eigenvalue weighted by atomic mass is 32.1. The van der Waals surface area contributed by atoms with Crippen LogP contribution in [0.5, 0.6) is 0 Å². The van der Waals surface area contributed by atoms with Crippen molar-refractivity contribution in [3.05, 3.63) is 46.6 Å². The lowest BCUT2D eigenvalue weighted by Crippen LogP contribution is -2.38. The van der Waals surface area contributed by atoms with E-state index in [-0.39, 0.29) is 17.3 Å². The van der Waals surface area contributed by atoms with Gasteiger partial charge in [-0.15, -0.1) is 0 Å². The molecule has 0 fully saturated rings. The second kappa shape index (κ2) is 5.64. The molecule has 2 aromatic heterocycles. The molecule has 0 saturated heterocycles. The van der Waals surface area contributed by atoms with Crippen molar-refractivity contribution in [1.29, 1.82) is 0 Å². The minimum absolute atomic E-state index is 0.0616. The molecule has 0 aliphatic heterocycles. The van der Waals surface area contributed by atoms with Gasteiger partial charge in [-0.05, 0) is 37.3 Å². The SMILES string of the molecule is Cn1cc(C(C)(O)CNC(=O)c2ccc3[nH]c(=S)oc3c2)cn1. The predicted octanol–water partition coefficient (Wildman–Crippen LogP) is 1.86. The normalized spacial score (nSPS) is 13.9. The van der Waals surface area contributed by atoms with Gasteiger partial charge in [0.2, 0.25) is 0 Å². The first-order chi connectivity index (χ1) is 10.8. The summed E-state index contributed by atoms with van der Waals surface area (Å²) < 4.78 is 6.89. The number of benzene rings is 1. The van der Waals surface area contributed by atoms with E-state index in [1.165, 1.54) is 0 Å². The van der Waals surface area contributed by atoms with Crippen LogP contribution in [0.3, 0.4) is 0 Å². The molecule has 0 saturated carbocycles. The number of aromatic nitrogens is 3. The van der Waals surface area contributed by atoms with Gasteiger partial charge in [-0.25, -0.2) is 0 Å². The minimum Gasteiger partial charge on any atom is -0.429 e. The molecule has 3 N–H and O–H groups in total. The fraction of sp³-hybridized carbons (Fsp3) is 0.267. The number of hydrogen-bond donors (Lipinski definition) is 3. The van der Waals surface area contributed by atoms with Crippen LogP contribution in [0, 0.1) is 4.84 Å². The first-order valence-corrected chi connectivity index (χ1v) is 7.38. The van der Waals surface area contributed by atoms with E-state index < -0.39 is 5.60 Å². The Morgan fingerprint density at radius 3 is 3.04 bits per heavy atom.